The van der Waals surface area contributed by atoms with Crippen LogP contribution < -0.4 is 0 Å². The van der Waals surface area contributed by atoms with Crippen LogP contribution in [-0.2, 0) is 4.79 Å². The third-order valence-corrected chi connectivity index (χ3v) is 5.50. The van der Waals surface area contributed by atoms with Gasteiger partial charge >= 0.3 is 0 Å². The van der Waals surface area contributed by atoms with Gasteiger partial charge in [-0.25, -0.2) is 0 Å². The summed E-state index contributed by atoms with van der Waals surface area (Å²) in [4.78, 5) is 15.4. The monoisotopic (exact) mass is 279 g/mol. The van der Waals surface area contributed by atoms with Gasteiger partial charge in [0.1, 0.15) is 0 Å². The van der Waals surface area contributed by atoms with Gasteiger partial charge in [-0.05, 0) is 49.1 Å². The quantitative estimate of drug-likeness (QED) is 0.899. The number of carbonyl (C=O) groups is 1. The molecule has 0 bridgehead atoms. The third kappa shape index (κ3) is 2.70. The maximum Gasteiger partial charge on any atom is 0.226 e. The highest BCUT2D eigenvalue weighted by Crippen LogP contribution is 2.51. The second kappa shape index (κ2) is 4.91. The molecule has 3 atom stereocenters. The lowest BCUT2D eigenvalue weighted by atomic mass is 10.1. The van der Waals surface area contributed by atoms with Crippen molar-refractivity contribution in [2.24, 2.45) is 11.8 Å². The highest BCUT2D eigenvalue weighted by Gasteiger charge is 2.46. The van der Waals surface area contributed by atoms with E-state index in [0.29, 0.717) is 18.4 Å². The number of nitrogens with zero attached hydrogens (tertiary/aromatic N) is 1. The minimum absolute atomic E-state index is 0.147. The Balaban J connectivity index is 1.55. The highest BCUT2D eigenvalue weighted by atomic mass is 32.1. The molecule has 1 N–H and O–H groups in total. The lowest BCUT2D eigenvalue weighted by molar-refractivity contribution is -0.132. The molecule has 104 valence electrons. The van der Waals surface area contributed by atoms with Crippen molar-refractivity contribution in [3.05, 3.63) is 21.9 Å². The molecule has 1 amide bonds. The van der Waals surface area contributed by atoms with Crippen molar-refractivity contribution in [2.75, 3.05) is 13.6 Å². The summed E-state index contributed by atoms with van der Waals surface area (Å²) in [5.74, 6) is 1.21. The minimum atomic E-state index is -0.324. The Labute approximate surface area is 118 Å². The fourth-order valence-electron chi connectivity index (χ4n) is 2.81. The van der Waals surface area contributed by atoms with E-state index in [0.717, 1.165) is 19.3 Å². The van der Waals surface area contributed by atoms with Crippen molar-refractivity contribution in [1.29, 1.82) is 0 Å². The van der Waals surface area contributed by atoms with Crippen molar-refractivity contribution >= 4 is 17.2 Å². The topological polar surface area (TPSA) is 40.5 Å². The molecule has 0 saturated heterocycles. The van der Waals surface area contributed by atoms with Crippen LogP contribution in [0.4, 0.5) is 0 Å². The molecule has 0 spiro atoms. The van der Waals surface area contributed by atoms with Crippen LogP contribution >= 0.6 is 11.3 Å². The van der Waals surface area contributed by atoms with Crippen LogP contribution in [0.15, 0.2) is 11.4 Å². The SMILES string of the molecule is Cc1ccsc1C1CC1C(=O)N(C)CC(O)C1CC1. The smallest absolute Gasteiger partial charge is 0.226 e. The van der Waals surface area contributed by atoms with Gasteiger partial charge in [0.15, 0.2) is 0 Å². The summed E-state index contributed by atoms with van der Waals surface area (Å²) < 4.78 is 0. The van der Waals surface area contributed by atoms with Crippen molar-refractivity contribution in [3.8, 4) is 0 Å². The molecule has 3 rings (SSSR count). The van der Waals surface area contributed by atoms with Crippen LogP contribution in [0, 0.1) is 18.8 Å². The maximum absolute atomic E-state index is 12.3. The van der Waals surface area contributed by atoms with Crippen molar-refractivity contribution < 1.29 is 9.90 Å². The number of hydrogen-bond donors (Lipinski definition) is 1. The number of aliphatic hydroxyl groups is 1. The van der Waals surface area contributed by atoms with Crippen molar-refractivity contribution in [2.45, 2.75) is 38.2 Å². The van der Waals surface area contributed by atoms with E-state index in [4.69, 9.17) is 0 Å². The average Bonchev–Trinajstić information content (AvgIpc) is 3.28. The van der Waals surface area contributed by atoms with Gasteiger partial charge in [-0.1, -0.05) is 0 Å². The van der Waals surface area contributed by atoms with E-state index >= 15 is 0 Å². The summed E-state index contributed by atoms with van der Waals surface area (Å²) in [6, 6.07) is 2.13. The fourth-order valence-corrected chi connectivity index (χ4v) is 3.91. The van der Waals surface area contributed by atoms with Gasteiger partial charge in [0.25, 0.3) is 0 Å². The minimum Gasteiger partial charge on any atom is -0.391 e. The molecule has 2 aliphatic carbocycles. The third-order valence-electron chi connectivity index (χ3n) is 4.35. The lowest BCUT2D eigenvalue weighted by Crippen LogP contribution is -2.36. The molecule has 0 radical (unpaired) electrons. The molecule has 2 fully saturated rings. The number of carbonyl (C=O) groups excluding carboxylic acids is 1. The van der Waals surface area contributed by atoms with Crippen LogP contribution in [-0.4, -0.2) is 35.6 Å². The summed E-state index contributed by atoms with van der Waals surface area (Å²) >= 11 is 1.76. The maximum atomic E-state index is 12.3. The Morgan fingerprint density at radius 3 is 2.89 bits per heavy atom. The molecule has 2 aliphatic rings. The Morgan fingerprint density at radius 2 is 2.32 bits per heavy atom. The van der Waals surface area contributed by atoms with E-state index in [1.807, 2.05) is 7.05 Å². The van der Waals surface area contributed by atoms with Crippen LogP contribution in [0.5, 0.6) is 0 Å². The number of thiophene rings is 1. The summed E-state index contributed by atoms with van der Waals surface area (Å²) in [6.45, 7) is 2.61. The molecule has 0 aliphatic heterocycles. The number of amides is 1. The first-order valence-corrected chi connectivity index (χ1v) is 7.93. The molecular weight excluding hydrogens is 258 g/mol. The largest absolute Gasteiger partial charge is 0.391 e. The molecule has 2 saturated carbocycles. The van der Waals surface area contributed by atoms with Crippen LogP contribution in [0.2, 0.25) is 0 Å². The van der Waals surface area contributed by atoms with E-state index in [9.17, 15) is 9.90 Å². The first kappa shape index (κ1) is 13.1. The van der Waals surface area contributed by atoms with Gasteiger partial charge in [-0.15, -0.1) is 11.3 Å². The number of likely N-dealkylation sites (N-methyl/N-ethyl adjacent to an activating group) is 1. The average molecular weight is 279 g/mol. The molecule has 3 nitrogen and oxygen atoms in total. The molecule has 4 heteroatoms. The van der Waals surface area contributed by atoms with Crippen LogP contribution in [0.3, 0.4) is 0 Å². The molecule has 1 heterocycles. The normalized spacial score (nSPS) is 27.1. The Kier molecular flexibility index (Phi) is 3.39. The van der Waals surface area contributed by atoms with Gasteiger partial charge in [0, 0.05) is 30.3 Å². The lowest BCUT2D eigenvalue weighted by Gasteiger charge is -2.20. The van der Waals surface area contributed by atoms with E-state index in [2.05, 4.69) is 18.4 Å². The van der Waals surface area contributed by atoms with Crippen molar-refractivity contribution in [3.63, 3.8) is 0 Å². The number of aryl methyl sites for hydroxylation is 1. The van der Waals surface area contributed by atoms with Gasteiger partial charge in [-0.3, -0.25) is 4.79 Å². The van der Waals surface area contributed by atoms with Gasteiger partial charge in [0.05, 0.1) is 6.10 Å². The van der Waals surface area contributed by atoms with E-state index < -0.39 is 0 Å². The first-order chi connectivity index (χ1) is 9.08. The molecular formula is C15H21NO2S. The molecule has 19 heavy (non-hydrogen) atoms. The summed E-state index contributed by atoms with van der Waals surface area (Å²) in [5.41, 5.74) is 1.31. The second-order valence-corrected chi connectivity index (χ2v) is 6.99. The fraction of sp³-hybridized carbons (Fsp3) is 0.667. The molecule has 3 unspecified atom stereocenters. The Morgan fingerprint density at radius 1 is 1.58 bits per heavy atom. The zero-order valence-corrected chi connectivity index (χ0v) is 12.3. The molecule has 1 aromatic rings. The molecule has 0 aromatic carbocycles. The summed E-state index contributed by atoms with van der Waals surface area (Å²) in [7, 11) is 1.82. The van der Waals surface area contributed by atoms with Gasteiger partial charge in [0.2, 0.25) is 5.91 Å². The second-order valence-electron chi connectivity index (χ2n) is 6.04. The van der Waals surface area contributed by atoms with Crippen LogP contribution in [0.25, 0.3) is 0 Å². The Hall–Kier alpha value is -0.870. The standard InChI is InChI=1S/C15H21NO2S/c1-9-5-6-19-14(9)11-7-12(11)15(18)16(2)8-13(17)10-3-4-10/h5-6,10-13,17H,3-4,7-8H2,1-2H3. The summed E-state index contributed by atoms with van der Waals surface area (Å²) in [5, 5.41) is 12.0. The first-order valence-electron chi connectivity index (χ1n) is 7.05. The van der Waals surface area contributed by atoms with Crippen LogP contribution in [0.1, 0.15) is 35.6 Å². The van der Waals surface area contributed by atoms with Gasteiger partial charge < -0.3 is 10.0 Å². The number of hydrogen-bond acceptors (Lipinski definition) is 3. The van der Waals surface area contributed by atoms with Gasteiger partial charge in [-0.2, -0.15) is 0 Å². The summed E-state index contributed by atoms with van der Waals surface area (Å²) in [6.07, 6.45) is 2.88. The van der Waals surface area contributed by atoms with E-state index in [-0.39, 0.29) is 17.9 Å². The predicted molar refractivity (Wildman–Crippen MR) is 76.3 cm³/mol. The van der Waals surface area contributed by atoms with E-state index in [1.165, 1.54) is 10.4 Å². The highest BCUT2D eigenvalue weighted by molar-refractivity contribution is 7.10. The zero-order chi connectivity index (χ0) is 13.6. The predicted octanol–water partition coefficient (Wildman–Crippen LogP) is 2.39. The van der Waals surface area contributed by atoms with E-state index in [1.54, 1.807) is 16.2 Å². The van der Waals surface area contributed by atoms with Crippen molar-refractivity contribution in [1.82, 2.24) is 4.90 Å². The number of rotatable bonds is 5. The zero-order valence-electron chi connectivity index (χ0n) is 11.5. The number of aliphatic hydroxyl groups excluding tert-OH is 1. The molecule has 1 aromatic heterocycles. The Bertz CT molecular complexity index is 480.